The maximum absolute atomic E-state index is 6.59. The summed E-state index contributed by atoms with van der Waals surface area (Å²) in [5, 5.41) is 19.4. The lowest BCUT2D eigenvalue weighted by Gasteiger charge is -2.26. The maximum Gasteiger partial charge on any atom is 0.149 e. The number of hydrogen-bond donors (Lipinski definition) is 0. The van der Waals surface area contributed by atoms with E-state index in [4.69, 9.17) is 25.2 Å². The first-order valence-corrected chi connectivity index (χ1v) is 36.0. The van der Waals surface area contributed by atoms with E-state index < -0.39 is 0 Å². The van der Waals surface area contributed by atoms with Crippen molar-refractivity contribution < 1.29 is 4.74 Å². The van der Waals surface area contributed by atoms with Crippen LogP contribution in [0.5, 0.6) is 5.75 Å². The van der Waals surface area contributed by atoms with Crippen LogP contribution in [0.1, 0.15) is 353 Å². The highest BCUT2D eigenvalue weighted by molar-refractivity contribution is 5.64. The summed E-state index contributed by atoms with van der Waals surface area (Å²) in [6, 6.07) is 19.7. The first kappa shape index (κ1) is 72.7. The van der Waals surface area contributed by atoms with Gasteiger partial charge in [-0.15, -0.1) is 5.11 Å². The summed E-state index contributed by atoms with van der Waals surface area (Å²) in [5.74, 6) is 0.731. The summed E-state index contributed by atoms with van der Waals surface area (Å²) < 4.78 is 6.59. The van der Waals surface area contributed by atoms with E-state index in [9.17, 15) is 0 Å². The molecule has 0 amide bonds. The lowest BCUT2D eigenvalue weighted by atomic mass is 10.0. The number of benzene rings is 3. The van der Waals surface area contributed by atoms with Gasteiger partial charge in [0.1, 0.15) is 11.4 Å². The van der Waals surface area contributed by atoms with Crippen molar-refractivity contribution in [1.82, 2.24) is 0 Å². The topological polar surface area (TPSA) is 61.9 Å². The Balaban J connectivity index is 1.64. The Kier molecular flexibility index (Phi) is 47.0. The van der Waals surface area contributed by atoms with Gasteiger partial charge in [0, 0.05) is 24.8 Å². The normalized spacial score (nSPS) is 11.8. The predicted molar refractivity (Wildman–Crippen MR) is 363 cm³/mol. The van der Waals surface area contributed by atoms with Gasteiger partial charge in [0.2, 0.25) is 0 Å². The average molecular weight is 1130 g/mol. The first-order chi connectivity index (χ1) is 40.5. The standard InChI is InChI=1S/C76H131N5O/c1-7-11-15-19-23-27-31-35-39-43-47-51-55-70-56-58-71(59-57-70)77-79-74-67-76(82-64-54-50-46-42-38-34-30-26-22-18-14-10-4)75(66-69(74)6)80-78-73-61-60-72(65-68(73)5)81(62-52-48-44-40-36-32-28-24-20-16-12-8-2)63-53-49-45-41-37-33-29-25-21-17-13-9-3/h56-61,65-67H,7-55,62-64H2,1-6H3. The van der Waals surface area contributed by atoms with E-state index in [1.54, 1.807) is 0 Å². The molecule has 6 heteroatoms. The van der Waals surface area contributed by atoms with Crippen molar-refractivity contribution in [2.45, 2.75) is 356 Å². The molecule has 0 bridgehead atoms. The summed E-state index contributed by atoms with van der Waals surface area (Å²) in [5.41, 5.74) is 8.24. The molecule has 0 aliphatic rings. The minimum absolute atomic E-state index is 0.655. The largest absolute Gasteiger partial charge is 0.491 e. The molecule has 0 aromatic heterocycles. The molecule has 0 saturated heterocycles. The van der Waals surface area contributed by atoms with Crippen LogP contribution in [0.15, 0.2) is 75.1 Å². The van der Waals surface area contributed by atoms with E-state index in [0.29, 0.717) is 6.61 Å². The highest BCUT2D eigenvalue weighted by Gasteiger charge is 2.13. The number of nitrogens with zero attached hydrogens (tertiary/aromatic N) is 5. The van der Waals surface area contributed by atoms with Crippen molar-refractivity contribution in [2.75, 3.05) is 24.6 Å². The monoisotopic (exact) mass is 1130 g/mol. The van der Waals surface area contributed by atoms with Crippen molar-refractivity contribution in [1.29, 1.82) is 0 Å². The molecule has 0 saturated carbocycles. The second-order valence-electron chi connectivity index (χ2n) is 25.3. The fourth-order valence-corrected chi connectivity index (χ4v) is 11.8. The van der Waals surface area contributed by atoms with E-state index in [1.807, 2.05) is 6.07 Å². The fourth-order valence-electron chi connectivity index (χ4n) is 11.8. The Labute approximate surface area is 508 Å². The smallest absolute Gasteiger partial charge is 0.149 e. The SMILES string of the molecule is CCCCCCCCCCCCCCOc1cc(N=Nc2ccc(CCCCCCCCCCCCCC)cc2)c(C)cc1N=Nc1ccc(N(CCCCCCCCCCCCCC)CCCCCCCCCCCCCC)cc1C. The van der Waals surface area contributed by atoms with Crippen LogP contribution in [-0.2, 0) is 6.42 Å². The van der Waals surface area contributed by atoms with E-state index in [2.05, 4.69) is 95.0 Å². The van der Waals surface area contributed by atoms with Gasteiger partial charge in [0.15, 0.2) is 0 Å². The van der Waals surface area contributed by atoms with Gasteiger partial charge in [-0.05, 0) is 99.0 Å². The quantitative estimate of drug-likeness (QED) is 0.0418. The van der Waals surface area contributed by atoms with Gasteiger partial charge >= 0.3 is 0 Å². The zero-order valence-corrected chi connectivity index (χ0v) is 55.1. The number of rotatable bonds is 58. The zero-order chi connectivity index (χ0) is 58.4. The van der Waals surface area contributed by atoms with E-state index >= 15 is 0 Å². The van der Waals surface area contributed by atoms with E-state index in [1.165, 1.54) is 313 Å². The van der Waals surface area contributed by atoms with E-state index in [-0.39, 0.29) is 0 Å². The minimum atomic E-state index is 0.655. The van der Waals surface area contributed by atoms with Crippen molar-refractivity contribution in [3.05, 3.63) is 71.3 Å². The maximum atomic E-state index is 6.59. The average Bonchev–Trinajstić information content (AvgIpc) is 3.63. The fraction of sp³-hybridized carbons (Fsp3) is 0.763. The van der Waals surface area contributed by atoms with Crippen LogP contribution >= 0.6 is 0 Å². The highest BCUT2D eigenvalue weighted by Crippen LogP contribution is 2.38. The predicted octanol–water partition coefficient (Wildman–Crippen LogP) is 27.7. The van der Waals surface area contributed by atoms with Crippen LogP contribution in [0.3, 0.4) is 0 Å². The molecule has 3 aromatic carbocycles. The molecule has 0 radical (unpaired) electrons. The molecule has 3 aromatic rings. The molecule has 6 nitrogen and oxygen atoms in total. The van der Waals surface area contributed by atoms with Crippen molar-refractivity contribution >= 4 is 28.4 Å². The first-order valence-electron chi connectivity index (χ1n) is 36.0. The molecular formula is C76H131N5O. The zero-order valence-electron chi connectivity index (χ0n) is 55.1. The van der Waals surface area contributed by atoms with Crippen molar-refractivity contribution in [2.24, 2.45) is 20.5 Å². The van der Waals surface area contributed by atoms with Crippen LogP contribution < -0.4 is 9.64 Å². The lowest BCUT2D eigenvalue weighted by molar-refractivity contribution is 0.305. The number of hydrogen-bond acceptors (Lipinski definition) is 6. The summed E-state index contributed by atoms with van der Waals surface area (Å²) >= 11 is 0. The Morgan fingerprint density at radius 2 is 0.646 bits per heavy atom. The number of ether oxygens (including phenoxy) is 1. The molecule has 0 fully saturated rings. The molecule has 0 heterocycles. The van der Waals surface area contributed by atoms with Gasteiger partial charge in [0.25, 0.3) is 0 Å². The number of unbranched alkanes of at least 4 members (excludes halogenated alkanes) is 44. The molecule has 0 spiro atoms. The number of anilines is 1. The third-order valence-corrected chi connectivity index (χ3v) is 17.4. The molecule has 0 aliphatic carbocycles. The summed E-state index contributed by atoms with van der Waals surface area (Å²) in [6.45, 7) is 16.4. The third kappa shape index (κ3) is 38.4. The van der Waals surface area contributed by atoms with Gasteiger partial charge < -0.3 is 9.64 Å². The van der Waals surface area contributed by atoms with Gasteiger partial charge in [-0.1, -0.05) is 322 Å². The summed E-state index contributed by atoms with van der Waals surface area (Å²) in [7, 11) is 0. The molecule has 0 atom stereocenters. The Hall–Kier alpha value is -3.54. The summed E-state index contributed by atoms with van der Waals surface area (Å²) in [6.07, 6.45) is 66.8. The molecule has 0 N–H and O–H groups in total. The van der Waals surface area contributed by atoms with Crippen LogP contribution in [0.25, 0.3) is 0 Å². The van der Waals surface area contributed by atoms with Gasteiger partial charge in [-0.25, -0.2) is 0 Å². The van der Waals surface area contributed by atoms with Crippen LogP contribution in [0.4, 0.5) is 28.4 Å². The second-order valence-corrected chi connectivity index (χ2v) is 25.3. The van der Waals surface area contributed by atoms with Crippen LogP contribution in [0.2, 0.25) is 0 Å². The summed E-state index contributed by atoms with van der Waals surface area (Å²) in [4.78, 5) is 2.67. The Morgan fingerprint density at radius 3 is 1.05 bits per heavy atom. The van der Waals surface area contributed by atoms with Crippen LogP contribution in [0, 0.1) is 13.8 Å². The number of azo groups is 2. The molecule has 466 valence electrons. The minimum Gasteiger partial charge on any atom is -0.491 e. The molecule has 82 heavy (non-hydrogen) atoms. The molecule has 0 unspecified atom stereocenters. The van der Waals surface area contributed by atoms with Gasteiger partial charge in [0.05, 0.1) is 23.7 Å². The molecule has 0 aliphatic heterocycles. The second kappa shape index (κ2) is 53.0. The third-order valence-electron chi connectivity index (χ3n) is 17.4. The van der Waals surface area contributed by atoms with Crippen molar-refractivity contribution in [3.63, 3.8) is 0 Å². The Morgan fingerprint density at radius 1 is 0.305 bits per heavy atom. The lowest BCUT2D eigenvalue weighted by Crippen LogP contribution is -2.25. The molecular weight excluding hydrogens is 999 g/mol. The van der Waals surface area contributed by atoms with Crippen molar-refractivity contribution in [3.8, 4) is 5.75 Å². The van der Waals surface area contributed by atoms with Crippen LogP contribution in [-0.4, -0.2) is 19.7 Å². The number of aryl methyl sites for hydroxylation is 3. The highest BCUT2D eigenvalue weighted by atomic mass is 16.5. The Bertz CT molecular complexity index is 1930. The van der Waals surface area contributed by atoms with Gasteiger partial charge in [-0.2, -0.15) is 15.3 Å². The molecule has 3 rings (SSSR count). The van der Waals surface area contributed by atoms with E-state index in [0.717, 1.165) is 65.6 Å². The van der Waals surface area contributed by atoms with Gasteiger partial charge in [-0.3, -0.25) is 0 Å².